The Morgan fingerprint density at radius 3 is 2.50 bits per heavy atom. The van der Waals surface area contributed by atoms with Gasteiger partial charge in [0.25, 0.3) is 0 Å². The lowest BCUT2D eigenvalue weighted by atomic mass is 9.58. The van der Waals surface area contributed by atoms with Gasteiger partial charge in [-0.1, -0.05) is 0 Å². The van der Waals surface area contributed by atoms with Gasteiger partial charge in [-0.15, -0.1) is 0 Å². The lowest BCUT2D eigenvalue weighted by molar-refractivity contribution is -0.227. The van der Waals surface area contributed by atoms with Crippen LogP contribution >= 0.6 is 0 Å². The molecule has 156 valence electrons. The number of esters is 1. The van der Waals surface area contributed by atoms with Crippen molar-refractivity contribution in [2.75, 3.05) is 26.9 Å². The van der Waals surface area contributed by atoms with Gasteiger partial charge in [-0.2, -0.15) is 13.2 Å². The zero-order valence-electron chi connectivity index (χ0n) is 15.2. The van der Waals surface area contributed by atoms with E-state index in [1.807, 2.05) is 0 Å². The van der Waals surface area contributed by atoms with Crippen LogP contribution in [0, 0.1) is 11.3 Å². The fraction of sp³-hybridized carbons (Fsp3) is 0.824. The number of carbonyl (C=O) groups is 3. The fourth-order valence-electron chi connectivity index (χ4n) is 5.48. The lowest BCUT2D eigenvalue weighted by Gasteiger charge is -2.53. The van der Waals surface area contributed by atoms with Gasteiger partial charge < -0.3 is 24.4 Å². The van der Waals surface area contributed by atoms with Crippen molar-refractivity contribution in [1.82, 2.24) is 10.2 Å². The highest BCUT2D eigenvalue weighted by atomic mass is 19.4. The Balaban J connectivity index is 1.83. The number of alkyl halides is 3. The van der Waals surface area contributed by atoms with Gasteiger partial charge in [0.2, 0.25) is 5.91 Å². The van der Waals surface area contributed by atoms with Crippen molar-refractivity contribution < 1.29 is 41.8 Å². The minimum atomic E-state index is -5.19. The highest BCUT2D eigenvalue weighted by Gasteiger charge is 2.71. The van der Waals surface area contributed by atoms with Crippen LogP contribution in [-0.2, 0) is 28.6 Å². The van der Waals surface area contributed by atoms with Gasteiger partial charge in [-0.25, -0.2) is 4.79 Å². The number of rotatable bonds is 1. The van der Waals surface area contributed by atoms with Crippen molar-refractivity contribution in [2.24, 2.45) is 11.3 Å². The zero-order chi connectivity index (χ0) is 20.3. The Morgan fingerprint density at radius 2 is 1.89 bits per heavy atom. The van der Waals surface area contributed by atoms with Crippen LogP contribution in [0.15, 0.2) is 0 Å². The second kappa shape index (κ2) is 6.31. The molecule has 0 aromatic carbocycles. The molecule has 0 aromatic heterocycles. The minimum Gasteiger partial charge on any atom is -0.467 e. The first-order chi connectivity index (χ1) is 13.1. The average molecular weight is 406 g/mol. The Bertz CT molecular complexity index is 707. The van der Waals surface area contributed by atoms with Crippen LogP contribution in [0.1, 0.15) is 25.7 Å². The maximum Gasteiger partial charge on any atom is 0.471 e. The summed E-state index contributed by atoms with van der Waals surface area (Å²) in [5, 5.41) is 2.71. The Labute approximate surface area is 158 Å². The van der Waals surface area contributed by atoms with E-state index in [0.717, 1.165) is 7.11 Å². The summed E-state index contributed by atoms with van der Waals surface area (Å²) >= 11 is 0. The van der Waals surface area contributed by atoms with E-state index in [-0.39, 0.29) is 32.0 Å². The second-order valence-electron chi connectivity index (χ2n) is 7.77. The normalized spacial score (nSPS) is 36.6. The van der Waals surface area contributed by atoms with Crippen molar-refractivity contribution >= 4 is 17.8 Å². The molecule has 0 radical (unpaired) electrons. The SMILES string of the molecule is COC(=O)[C@H]1C[C@]23C(=O)NCC[C@H]2CC2(C[C@@H]3N1C(=O)C(F)(F)F)OCCO2. The van der Waals surface area contributed by atoms with E-state index in [1.165, 1.54) is 0 Å². The van der Waals surface area contributed by atoms with E-state index in [1.54, 1.807) is 0 Å². The number of carbonyl (C=O) groups excluding carboxylic acids is 3. The molecule has 4 aliphatic rings. The van der Waals surface area contributed by atoms with Crippen LogP contribution in [0.3, 0.4) is 0 Å². The van der Waals surface area contributed by atoms with Gasteiger partial charge in [0.15, 0.2) is 5.79 Å². The Morgan fingerprint density at radius 1 is 1.21 bits per heavy atom. The van der Waals surface area contributed by atoms with Crippen molar-refractivity contribution in [3.05, 3.63) is 0 Å². The van der Waals surface area contributed by atoms with Gasteiger partial charge in [0.1, 0.15) is 6.04 Å². The molecule has 2 amide bonds. The third kappa shape index (κ3) is 2.62. The van der Waals surface area contributed by atoms with E-state index in [2.05, 4.69) is 10.1 Å². The number of nitrogens with zero attached hydrogens (tertiary/aromatic N) is 1. The summed E-state index contributed by atoms with van der Waals surface area (Å²) in [4.78, 5) is 38.1. The number of amides is 2. The molecule has 1 N–H and O–H groups in total. The molecule has 1 saturated carbocycles. The van der Waals surface area contributed by atoms with E-state index < -0.39 is 47.2 Å². The van der Waals surface area contributed by atoms with Crippen LogP contribution < -0.4 is 5.32 Å². The number of hydrogen-bond acceptors (Lipinski definition) is 6. The number of likely N-dealkylation sites (tertiary alicyclic amines) is 1. The van der Waals surface area contributed by atoms with Crippen LogP contribution in [0.4, 0.5) is 13.2 Å². The number of halogens is 3. The molecule has 28 heavy (non-hydrogen) atoms. The van der Waals surface area contributed by atoms with Gasteiger partial charge in [-0.3, -0.25) is 9.59 Å². The van der Waals surface area contributed by atoms with Crippen molar-refractivity contribution in [2.45, 2.75) is 49.7 Å². The first-order valence-corrected chi connectivity index (χ1v) is 9.18. The van der Waals surface area contributed by atoms with Gasteiger partial charge in [-0.05, 0) is 18.8 Å². The molecule has 4 rings (SSSR count). The molecule has 11 heteroatoms. The molecule has 1 aliphatic carbocycles. The monoisotopic (exact) mass is 406 g/mol. The molecule has 2 spiro atoms. The van der Waals surface area contributed by atoms with Crippen LogP contribution in [-0.4, -0.2) is 73.6 Å². The van der Waals surface area contributed by atoms with Crippen molar-refractivity contribution in [3.63, 3.8) is 0 Å². The van der Waals surface area contributed by atoms with Gasteiger partial charge >= 0.3 is 18.1 Å². The predicted molar refractivity (Wildman–Crippen MR) is 84.5 cm³/mol. The molecule has 8 nitrogen and oxygen atoms in total. The number of nitrogens with one attached hydrogen (secondary N) is 1. The summed E-state index contributed by atoms with van der Waals surface area (Å²) in [7, 11) is 1.04. The fourth-order valence-corrected chi connectivity index (χ4v) is 5.48. The summed E-state index contributed by atoms with van der Waals surface area (Å²) in [6.45, 7) is 0.933. The minimum absolute atomic E-state index is 0.105. The Kier molecular flexibility index (Phi) is 4.38. The molecule has 3 aliphatic heterocycles. The quantitative estimate of drug-likeness (QED) is 0.632. The number of hydrogen-bond donors (Lipinski definition) is 1. The molecule has 0 unspecified atom stereocenters. The largest absolute Gasteiger partial charge is 0.471 e. The standard InChI is InChI=1S/C17H21F3N2O6/c1-26-12(23)10-7-16-9(2-3-21-13(16)24)6-15(27-4-5-28-15)8-11(16)22(10)14(25)17(18,19)20/h9-11H,2-8H2,1H3,(H,21,24)/t9-,10+,11-,16-/m0/s1. The first-order valence-electron chi connectivity index (χ1n) is 9.18. The molecule has 4 atom stereocenters. The highest BCUT2D eigenvalue weighted by molar-refractivity contribution is 5.93. The maximum atomic E-state index is 13.4. The smallest absolute Gasteiger partial charge is 0.467 e. The molecule has 3 saturated heterocycles. The Hall–Kier alpha value is -1.88. The second-order valence-corrected chi connectivity index (χ2v) is 7.77. The predicted octanol–water partition coefficient (Wildman–Crippen LogP) is 0.351. The third-order valence-corrected chi connectivity index (χ3v) is 6.55. The number of ether oxygens (including phenoxy) is 3. The summed E-state index contributed by atoms with van der Waals surface area (Å²) < 4.78 is 56.2. The van der Waals surface area contributed by atoms with E-state index in [4.69, 9.17) is 9.47 Å². The molecule has 4 fully saturated rings. The van der Waals surface area contributed by atoms with Crippen LogP contribution in [0.25, 0.3) is 0 Å². The summed E-state index contributed by atoms with van der Waals surface area (Å²) in [6.07, 6.45) is -4.68. The van der Waals surface area contributed by atoms with Crippen LogP contribution in [0.2, 0.25) is 0 Å². The van der Waals surface area contributed by atoms with Gasteiger partial charge in [0.05, 0.1) is 31.8 Å². The maximum absolute atomic E-state index is 13.4. The van der Waals surface area contributed by atoms with Crippen LogP contribution in [0.5, 0.6) is 0 Å². The first kappa shape index (κ1) is 19.4. The van der Waals surface area contributed by atoms with Crippen molar-refractivity contribution in [1.29, 1.82) is 0 Å². The summed E-state index contributed by atoms with van der Waals surface area (Å²) in [6, 6.07) is -2.67. The topological polar surface area (TPSA) is 94.2 Å². The summed E-state index contributed by atoms with van der Waals surface area (Å²) in [5.74, 6) is -5.09. The van der Waals surface area contributed by atoms with E-state index >= 15 is 0 Å². The number of piperidine rings is 1. The van der Waals surface area contributed by atoms with Crippen molar-refractivity contribution in [3.8, 4) is 0 Å². The molecular formula is C17H21F3N2O6. The van der Waals surface area contributed by atoms with E-state index in [9.17, 15) is 27.6 Å². The lowest BCUT2D eigenvalue weighted by Crippen LogP contribution is -2.65. The highest BCUT2D eigenvalue weighted by Crippen LogP contribution is 2.59. The molecular weight excluding hydrogens is 385 g/mol. The third-order valence-electron chi connectivity index (χ3n) is 6.55. The number of methoxy groups -OCH3 is 1. The zero-order valence-corrected chi connectivity index (χ0v) is 15.2. The summed E-state index contributed by atoms with van der Waals surface area (Å²) in [5.41, 5.74) is -1.31. The molecule has 3 heterocycles. The average Bonchev–Trinajstić information content (AvgIpc) is 3.22. The van der Waals surface area contributed by atoms with E-state index in [0.29, 0.717) is 24.3 Å². The molecule has 0 aromatic rings. The molecule has 0 bridgehead atoms. The van der Waals surface area contributed by atoms with Gasteiger partial charge in [0, 0.05) is 19.4 Å².